The highest BCUT2D eigenvalue weighted by molar-refractivity contribution is 7.90. The van der Waals surface area contributed by atoms with Gasteiger partial charge in [-0.05, 0) is 23.6 Å². The Morgan fingerprint density at radius 3 is 2.57 bits per heavy atom. The molecule has 0 fully saturated rings. The Kier molecular flexibility index (Phi) is 3.50. The van der Waals surface area contributed by atoms with Crippen LogP contribution in [0.4, 0.5) is 0 Å². The lowest BCUT2D eigenvalue weighted by atomic mass is 10.1. The van der Waals surface area contributed by atoms with Crippen molar-refractivity contribution < 1.29 is 8.42 Å². The van der Waals surface area contributed by atoms with E-state index in [2.05, 4.69) is 9.38 Å². The van der Waals surface area contributed by atoms with Gasteiger partial charge in [-0.1, -0.05) is 36.4 Å². The largest absolute Gasteiger partial charge is 0.282 e. The molecular formula is C16H12N2O2S. The Morgan fingerprint density at radius 2 is 1.76 bits per heavy atom. The van der Waals surface area contributed by atoms with Crippen molar-refractivity contribution in [3.63, 3.8) is 0 Å². The predicted molar refractivity (Wildman–Crippen MR) is 83.0 cm³/mol. The SMILES string of the molecule is O=S(=O)(N=Cc1cccc2cnccc12)c1ccccc1. The average Bonchev–Trinajstić information content (AvgIpc) is 2.54. The van der Waals surface area contributed by atoms with Crippen molar-refractivity contribution in [3.8, 4) is 0 Å². The monoisotopic (exact) mass is 296 g/mol. The van der Waals surface area contributed by atoms with Crippen LogP contribution in [-0.4, -0.2) is 19.6 Å². The number of hydrogen-bond donors (Lipinski definition) is 0. The van der Waals surface area contributed by atoms with Gasteiger partial charge >= 0.3 is 0 Å². The number of pyridine rings is 1. The normalized spacial score (nSPS) is 12.0. The predicted octanol–water partition coefficient (Wildman–Crippen LogP) is 3.04. The fraction of sp³-hybridized carbons (Fsp3) is 0. The summed E-state index contributed by atoms with van der Waals surface area (Å²) in [4.78, 5) is 4.23. The molecule has 1 aromatic heterocycles. The standard InChI is InChI=1S/C16H12N2O2S/c19-21(20,15-7-2-1-3-8-15)18-12-14-6-4-5-13-11-17-10-9-16(13)14/h1-12H. The lowest BCUT2D eigenvalue weighted by Gasteiger charge is -2.01. The lowest BCUT2D eigenvalue weighted by Crippen LogP contribution is -1.97. The topological polar surface area (TPSA) is 59.4 Å². The molecule has 4 nitrogen and oxygen atoms in total. The van der Waals surface area contributed by atoms with Crippen LogP contribution in [0.25, 0.3) is 10.8 Å². The van der Waals surface area contributed by atoms with Crippen molar-refractivity contribution in [1.82, 2.24) is 4.98 Å². The van der Waals surface area contributed by atoms with E-state index in [4.69, 9.17) is 0 Å². The molecule has 3 rings (SSSR count). The van der Waals surface area contributed by atoms with E-state index in [1.165, 1.54) is 18.3 Å². The summed E-state index contributed by atoms with van der Waals surface area (Å²) in [5.41, 5.74) is 0.745. The first kappa shape index (κ1) is 13.5. The van der Waals surface area contributed by atoms with Gasteiger partial charge in [-0.2, -0.15) is 12.8 Å². The number of nitrogens with zero attached hydrogens (tertiary/aromatic N) is 2. The summed E-state index contributed by atoms with van der Waals surface area (Å²) in [7, 11) is -3.67. The fourth-order valence-corrected chi connectivity index (χ4v) is 2.91. The molecule has 1 heterocycles. The second-order valence-corrected chi connectivity index (χ2v) is 6.10. The van der Waals surface area contributed by atoms with Crippen LogP contribution in [0, 0.1) is 0 Å². The van der Waals surface area contributed by atoms with Crippen LogP contribution in [0.5, 0.6) is 0 Å². The maximum absolute atomic E-state index is 12.1. The number of aromatic nitrogens is 1. The van der Waals surface area contributed by atoms with Gasteiger partial charge < -0.3 is 0 Å². The fourth-order valence-electron chi connectivity index (χ4n) is 2.04. The van der Waals surface area contributed by atoms with Crippen molar-refractivity contribution in [2.75, 3.05) is 0 Å². The van der Waals surface area contributed by atoms with Gasteiger partial charge in [0.1, 0.15) is 0 Å². The molecule has 0 saturated carbocycles. The quantitative estimate of drug-likeness (QED) is 0.698. The number of fused-ring (bicyclic) bond motifs is 1. The van der Waals surface area contributed by atoms with Crippen LogP contribution >= 0.6 is 0 Å². The molecule has 0 spiro atoms. The molecule has 2 aromatic carbocycles. The molecule has 21 heavy (non-hydrogen) atoms. The first-order valence-electron chi connectivity index (χ1n) is 6.35. The third-order valence-corrected chi connectivity index (χ3v) is 4.34. The van der Waals surface area contributed by atoms with Crippen LogP contribution in [0.3, 0.4) is 0 Å². The number of benzene rings is 2. The zero-order valence-corrected chi connectivity index (χ0v) is 11.9. The lowest BCUT2D eigenvalue weighted by molar-refractivity contribution is 0.598. The van der Waals surface area contributed by atoms with E-state index in [1.54, 1.807) is 30.6 Å². The molecule has 0 atom stereocenters. The highest BCUT2D eigenvalue weighted by Crippen LogP contribution is 2.17. The third kappa shape index (κ3) is 2.83. The third-order valence-electron chi connectivity index (χ3n) is 3.09. The molecule has 0 unspecified atom stereocenters. The summed E-state index contributed by atoms with van der Waals surface area (Å²) < 4.78 is 28.0. The van der Waals surface area contributed by atoms with Gasteiger partial charge in [0.15, 0.2) is 0 Å². The summed E-state index contributed by atoms with van der Waals surface area (Å²) >= 11 is 0. The molecule has 0 aliphatic rings. The molecule has 104 valence electrons. The Morgan fingerprint density at radius 1 is 0.952 bits per heavy atom. The minimum absolute atomic E-state index is 0.183. The summed E-state index contributed by atoms with van der Waals surface area (Å²) in [5.74, 6) is 0. The van der Waals surface area contributed by atoms with Crippen molar-refractivity contribution >= 4 is 27.0 Å². The minimum atomic E-state index is -3.67. The molecular weight excluding hydrogens is 284 g/mol. The second kappa shape index (κ2) is 5.46. The highest BCUT2D eigenvalue weighted by atomic mass is 32.2. The van der Waals surface area contributed by atoms with Gasteiger partial charge in [0.05, 0.1) is 4.90 Å². The molecule has 0 amide bonds. The molecule has 5 heteroatoms. The van der Waals surface area contributed by atoms with E-state index in [0.717, 1.165) is 16.3 Å². The summed E-state index contributed by atoms with van der Waals surface area (Å²) in [6.07, 6.45) is 4.79. The molecule has 0 aliphatic heterocycles. The van der Waals surface area contributed by atoms with Crippen LogP contribution in [0.1, 0.15) is 5.56 Å². The Balaban J connectivity index is 2.03. The van der Waals surface area contributed by atoms with E-state index in [-0.39, 0.29) is 4.90 Å². The van der Waals surface area contributed by atoms with Gasteiger partial charge in [0.2, 0.25) is 0 Å². The van der Waals surface area contributed by atoms with Gasteiger partial charge in [0, 0.05) is 29.6 Å². The number of rotatable bonds is 3. The molecule has 0 radical (unpaired) electrons. The Labute approximate surface area is 122 Å². The van der Waals surface area contributed by atoms with Crippen LogP contribution in [0.2, 0.25) is 0 Å². The van der Waals surface area contributed by atoms with E-state index < -0.39 is 10.0 Å². The van der Waals surface area contributed by atoms with Gasteiger partial charge in [-0.3, -0.25) is 4.98 Å². The smallest absolute Gasteiger partial charge is 0.264 e. The van der Waals surface area contributed by atoms with E-state index in [0.29, 0.717) is 0 Å². The summed E-state index contributed by atoms with van der Waals surface area (Å²) in [6, 6.07) is 15.6. The Hall–Kier alpha value is -2.53. The number of hydrogen-bond acceptors (Lipinski definition) is 3. The molecule has 0 saturated heterocycles. The Bertz CT molecular complexity index is 898. The first-order valence-corrected chi connectivity index (χ1v) is 7.79. The molecule has 0 aliphatic carbocycles. The van der Waals surface area contributed by atoms with Crippen molar-refractivity contribution in [1.29, 1.82) is 0 Å². The average molecular weight is 296 g/mol. The zero-order valence-electron chi connectivity index (χ0n) is 11.0. The van der Waals surface area contributed by atoms with Crippen molar-refractivity contribution in [2.45, 2.75) is 4.90 Å². The van der Waals surface area contributed by atoms with Crippen molar-refractivity contribution in [3.05, 3.63) is 72.6 Å². The van der Waals surface area contributed by atoms with Crippen LogP contribution in [0.15, 0.2) is 76.3 Å². The van der Waals surface area contributed by atoms with Crippen molar-refractivity contribution in [2.24, 2.45) is 4.40 Å². The second-order valence-electron chi connectivity index (χ2n) is 4.47. The first-order chi connectivity index (χ1) is 10.2. The summed E-state index contributed by atoms with van der Waals surface area (Å²) in [5, 5.41) is 1.86. The maximum Gasteiger partial charge on any atom is 0.282 e. The molecule has 3 aromatic rings. The molecule has 0 bridgehead atoms. The van der Waals surface area contributed by atoms with Crippen LogP contribution < -0.4 is 0 Å². The highest BCUT2D eigenvalue weighted by Gasteiger charge is 2.10. The van der Waals surface area contributed by atoms with E-state index >= 15 is 0 Å². The van der Waals surface area contributed by atoms with E-state index in [9.17, 15) is 8.42 Å². The van der Waals surface area contributed by atoms with Gasteiger partial charge in [0.25, 0.3) is 10.0 Å². The van der Waals surface area contributed by atoms with E-state index in [1.807, 2.05) is 24.3 Å². The molecule has 0 N–H and O–H groups in total. The van der Waals surface area contributed by atoms with Gasteiger partial charge in [-0.15, -0.1) is 0 Å². The number of sulfonamides is 1. The summed E-state index contributed by atoms with van der Waals surface area (Å²) in [6.45, 7) is 0. The zero-order chi connectivity index (χ0) is 14.7. The van der Waals surface area contributed by atoms with Gasteiger partial charge in [-0.25, -0.2) is 0 Å². The maximum atomic E-state index is 12.1. The van der Waals surface area contributed by atoms with Crippen LogP contribution in [-0.2, 0) is 10.0 Å². The minimum Gasteiger partial charge on any atom is -0.264 e.